The number of carbonyl (C=O) groups is 2. The highest BCUT2D eigenvalue weighted by Crippen LogP contribution is 2.39. The van der Waals surface area contributed by atoms with Gasteiger partial charge < -0.3 is 14.2 Å². The lowest BCUT2D eigenvalue weighted by molar-refractivity contribution is 0.0254. The van der Waals surface area contributed by atoms with Crippen LogP contribution in [0, 0.1) is 6.92 Å². The minimum Gasteiger partial charge on any atom is -0.442 e. The fraction of sp³-hybridized carbons (Fsp3) is 0.438. The third-order valence-electron chi connectivity index (χ3n) is 8.08. The number of rotatable bonds is 5. The first kappa shape index (κ1) is 25.7. The molecule has 2 amide bonds. The first-order valence-corrected chi connectivity index (χ1v) is 14.1. The third-order valence-corrected chi connectivity index (χ3v) is 8.08. The third kappa shape index (κ3) is 5.08. The van der Waals surface area contributed by atoms with Crippen LogP contribution < -0.4 is 5.43 Å². The van der Waals surface area contributed by atoms with Gasteiger partial charge in [-0.1, -0.05) is 48.5 Å². The number of benzene rings is 2. The van der Waals surface area contributed by atoms with Crippen molar-refractivity contribution in [2.45, 2.75) is 90.1 Å². The van der Waals surface area contributed by atoms with Crippen molar-refractivity contribution in [3.8, 4) is 0 Å². The van der Waals surface area contributed by atoms with E-state index in [9.17, 15) is 9.59 Å². The van der Waals surface area contributed by atoms with Gasteiger partial charge in [0.25, 0.3) is 5.91 Å². The van der Waals surface area contributed by atoms with Crippen molar-refractivity contribution in [3.63, 3.8) is 0 Å². The van der Waals surface area contributed by atoms with E-state index in [1.165, 1.54) is 16.1 Å². The van der Waals surface area contributed by atoms with E-state index in [0.29, 0.717) is 0 Å². The Morgan fingerprint density at radius 1 is 0.974 bits per heavy atom. The molecule has 2 aliphatic carbocycles. The van der Waals surface area contributed by atoms with Gasteiger partial charge in [0.1, 0.15) is 5.60 Å². The Morgan fingerprint density at radius 2 is 1.67 bits per heavy atom. The fourth-order valence-corrected chi connectivity index (χ4v) is 6.16. The number of nitrogens with one attached hydrogen (secondary N) is 1. The second-order valence-corrected chi connectivity index (χ2v) is 12.2. The molecular weight excluding hydrogens is 488 g/mol. The number of para-hydroxylation sites is 1. The van der Waals surface area contributed by atoms with Crippen LogP contribution in [0.4, 0.5) is 4.79 Å². The van der Waals surface area contributed by atoms with Gasteiger partial charge in [0.2, 0.25) is 0 Å². The number of hydrogen-bond donors (Lipinski definition) is 1. The molecule has 2 fully saturated rings. The van der Waals surface area contributed by atoms with E-state index in [-0.39, 0.29) is 24.0 Å². The molecule has 2 aromatic carbocycles. The molecule has 0 radical (unpaired) electrons. The van der Waals surface area contributed by atoms with E-state index in [4.69, 9.17) is 4.74 Å². The number of aromatic nitrogens is 1. The van der Waals surface area contributed by atoms with Crippen LogP contribution in [-0.2, 0) is 11.3 Å². The van der Waals surface area contributed by atoms with Crippen LogP contribution in [0.1, 0.15) is 74.5 Å². The highest BCUT2D eigenvalue weighted by atomic mass is 16.6. The SMILES string of the molecule is Cc1c(C(=O)N(C2CC2)C2CCC3NN(C(=O)OC(C)(C)C)C=C3C2)c2ccccc2n1Cc1ccccc1. The van der Waals surface area contributed by atoms with E-state index in [1.54, 1.807) is 0 Å². The lowest BCUT2D eigenvalue weighted by atomic mass is 9.86. The average Bonchev–Trinajstić information content (AvgIpc) is 3.57. The zero-order valence-electron chi connectivity index (χ0n) is 23.3. The first-order chi connectivity index (χ1) is 18.7. The number of hydrazine groups is 1. The van der Waals surface area contributed by atoms with Crippen molar-refractivity contribution in [2.24, 2.45) is 0 Å². The van der Waals surface area contributed by atoms with Gasteiger partial charge >= 0.3 is 6.09 Å². The van der Waals surface area contributed by atoms with Gasteiger partial charge in [-0.2, -0.15) is 0 Å². The van der Waals surface area contributed by atoms with Crippen LogP contribution in [0.15, 0.2) is 66.4 Å². The second-order valence-electron chi connectivity index (χ2n) is 12.2. The number of hydrogen-bond acceptors (Lipinski definition) is 4. The van der Waals surface area contributed by atoms with Crippen LogP contribution in [0.3, 0.4) is 0 Å². The monoisotopic (exact) mass is 526 g/mol. The normalized spacial score (nSPS) is 21.0. The predicted molar refractivity (Wildman–Crippen MR) is 152 cm³/mol. The average molecular weight is 527 g/mol. The Labute approximate surface area is 230 Å². The maximum absolute atomic E-state index is 14.4. The molecule has 6 rings (SSSR count). The number of nitrogens with zero attached hydrogens (tertiary/aromatic N) is 3. The number of fused-ring (bicyclic) bond motifs is 2. The summed E-state index contributed by atoms with van der Waals surface area (Å²) in [5, 5.41) is 2.51. The van der Waals surface area contributed by atoms with Gasteiger partial charge in [-0.25, -0.2) is 15.2 Å². The zero-order valence-corrected chi connectivity index (χ0v) is 23.3. The molecule has 1 N–H and O–H groups in total. The van der Waals surface area contributed by atoms with E-state index < -0.39 is 11.7 Å². The summed E-state index contributed by atoms with van der Waals surface area (Å²) in [5.74, 6) is 0.136. The molecular formula is C32H38N4O3. The van der Waals surface area contributed by atoms with Crippen LogP contribution in [-0.4, -0.2) is 50.2 Å². The lowest BCUT2D eigenvalue weighted by Crippen LogP contribution is -2.48. The molecule has 7 nitrogen and oxygen atoms in total. The quantitative estimate of drug-likeness (QED) is 0.432. The van der Waals surface area contributed by atoms with Crippen molar-refractivity contribution < 1.29 is 14.3 Å². The molecule has 2 unspecified atom stereocenters. The van der Waals surface area contributed by atoms with E-state index in [0.717, 1.165) is 60.8 Å². The highest BCUT2D eigenvalue weighted by molar-refractivity contribution is 6.08. The van der Waals surface area contributed by atoms with Gasteiger partial charge in [-0.3, -0.25) is 4.79 Å². The summed E-state index contributed by atoms with van der Waals surface area (Å²) < 4.78 is 7.84. The van der Waals surface area contributed by atoms with Crippen molar-refractivity contribution in [1.29, 1.82) is 0 Å². The van der Waals surface area contributed by atoms with Gasteiger partial charge in [-0.15, -0.1) is 0 Å². The molecule has 2 heterocycles. The predicted octanol–water partition coefficient (Wildman–Crippen LogP) is 6.16. The number of amides is 2. The van der Waals surface area contributed by atoms with Crippen LogP contribution in [0.25, 0.3) is 10.9 Å². The Hall–Kier alpha value is -3.58. The van der Waals surface area contributed by atoms with Gasteiger partial charge in [0, 0.05) is 47.5 Å². The summed E-state index contributed by atoms with van der Waals surface area (Å²) in [4.78, 5) is 29.3. The molecule has 3 aromatic rings. The van der Waals surface area contributed by atoms with E-state index in [2.05, 4.69) is 58.2 Å². The molecule has 7 heteroatoms. The molecule has 2 saturated carbocycles. The van der Waals surface area contributed by atoms with E-state index >= 15 is 0 Å². The molecule has 39 heavy (non-hydrogen) atoms. The topological polar surface area (TPSA) is 66.8 Å². The molecule has 0 saturated heterocycles. The minimum atomic E-state index is -0.555. The maximum atomic E-state index is 14.4. The summed E-state index contributed by atoms with van der Waals surface area (Å²) in [6.45, 7) is 8.42. The standard InChI is InChI=1S/C32H38N4O3/c1-21-29(26-12-8-9-13-28(26)34(21)19-22-10-6-5-7-11-22)30(37)36(24-14-15-24)25-16-17-27-23(18-25)20-35(33-27)31(38)39-32(2,3)4/h5-13,20,24-25,27,33H,14-19H2,1-4H3. The molecule has 0 bridgehead atoms. The maximum Gasteiger partial charge on any atom is 0.429 e. The molecule has 0 spiro atoms. The molecule has 204 valence electrons. The van der Waals surface area contributed by atoms with Gasteiger partial charge in [0.15, 0.2) is 0 Å². The number of carbonyl (C=O) groups excluding carboxylic acids is 2. The summed E-state index contributed by atoms with van der Waals surface area (Å²) >= 11 is 0. The zero-order chi connectivity index (χ0) is 27.3. The smallest absolute Gasteiger partial charge is 0.429 e. The summed E-state index contributed by atoms with van der Waals surface area (Å²) in [6.07, 6.45) is 6.14. The Morgan fingerprint density at radius 3 is 2.38 bits per heavy atom. The first-order valence-electron chi connectivity index (χ1n) is 14.1. The molecule has 2 atom stereocenters. The van der Waals surface area contributed by atoms with Crippen molar-refractivity contribution in [2.75, 3.05) is 0 Å². The summed E-state index contributed by atoms with van der Waals surface area (Å²) in [6, 6.07) is 19.2. The molecule has 1 aliphatic heterocycles. The second kappa shape index (κ2) is 9.87. The summed E-state index contributed by atoms with van der Waals surface area (Å²) in [7, 11) is 0. The van der Waals surface area contributed by atoms with Crippen molar-refractivity contribution in [3.05, 3.63) is 83.2 Å². The molecule has 3 aliphatic rings. The van der Waals surface area contributed by atoms with Gasteiger partial charge in [0.05, 0.1) is 5.56 Å². The van der Waals surface area contributed by atoms with Crippen molar-refractivity contribution in [1.82, 2.24) is 19.9 Å². The van der Waals surface area contributed by atoms with Crippen LogP contribution in [0.5, 0.6) is 0 Å². The van der Waals surface area contributed by atoms with Crippen LogP contribution >= 0.6 is 0 Å². The minimum absolute atomic E-state index is 0.111. The van der Waals surface area contributed by atoms with Crippen LogP contribution in [0.2, 0.25) is 0 Å². The number of ether oxygens (including phenoxy) is 1. The Kier molecular flexibility index (Phi) is 6.50. The Balaban J connectivity index is 1.29. The van der Waals surface area contributed by atoms with Crippen molar-refractivity contribution >= 4 is 22.9 Å². The fourth-order valence-electron chi connectivity index (χ4n) is 6.16. The summed E-state index contributed by atoms with van der Waals surface area (Å²) in [5.41, 5.74) is 8.06. The Bertz CT molecular complexity index is 1430. The highest BCUT2D eigenvalue weighted by Gasteiger charge is 2.43. The van der Waals surface area contributed by atoms with Gasteiger partial charge in [-0.05, 0) is 77.0 Å². The lowest BCUT2D eigenvalue weighted by Gasteiger charge is -2.37. The largest absolute Gasteiger partial charge is 0.442 e. The molecule has 1 aromatic heterocycles. The van der Waals surface area contributed by atoms with E-state index in [1.807, 2.05) is 45.2 Å².